The number of fused-ring (bicyclic) bond motifs is 1. The van der Waals surface area contributed by atoms with Crippen LogP contribution in [0.4, 0.5) is 10.1 Å². The average molecular weight is 194 g/mol. The van der Waals surface area contributed by atoms with Gasteiger partial charge >= 0.3 is 0 Å². The summed E-state index contributed by atoms with van der Waals surface area (Å²) in [6.45, 7) is 0. The Hall–Kier alpha value is -1.42. The number of rotatable bonds is 1. The predicted octanol–water partition coefficient (Wildman–Crippen LogP) is 1.43. The van der Waals surface area contributed by atoms with Gasteiger partial charge in [0.2, 0.25) is 5.91 Å². The Bertz CT molecular complexity index is 378. The summed E-state index contributed by atoms with van der Waals surface area (Å²) >= 11 is 0. The van der Waals surface area contributed by atoms with Crippen LogP contribution in [0.25, 0.3) is 0 Å². The van der Waals surface area contributed by atoms with Gasteiger partial charge in [0.1, 0.15) is 5.82 Å². The molecule has 2 N–H and O–H groups in total. The highest BCUT2D eigenvalue weighted by atomic mass is 19.1. The number of benzene rings is 1. The maximum absolute atomic E-state index is 13.0. The first-order valence-electron chi connectivity index (χ1n) is 4.47. The van der Waals surface area contributed by atoms with Crippen molar-refractivity contribution >= 4 is 11.6 Å². The molecule has 3 nitrogen and oxygen atoms in total. The molecule has 1 aliphatic rings. The lowest BCUT2D eigenvalue weighted by atomic mass is 9.97. The monoisotopic (exact) mass is 194 g/mol. The van der Waals surface area contributed by atoms with E-state index in [4.69, 9.17) is 0 Å². The Morgan fingerprint density at radius 3 is 3.07 bits per heavy atom. The molecule has 1 atom stereocenters. The van der Waals surface area contributed by atoms with Crippen molar-refractivity contribution in [1.29, 1.82) is 0 Å². The second-order valence-corrected chi connectivity index (χ2v) is 3.33. The van der Waals surface area contributed by atoms with Crippen LogP contribution in [0.2, 0.25) is 0 Å². The third kappa shape index (κ3) is 1.48. The molecule has 74 valence electrons. The zero-order valence-electron chi connectivity index (χ0n) is 7.80. The quantitative estimate of drug-likeness (QED) is 0.710. The Morgan fingerprint density at radius 2 is 2.36 bits per heavy atom. The summed E-state index contributed by atoms with van der Waals surface area (Å²) in [4.78, 5) is 11.2. The SMILES string of the molecule is CNC1CC(=O)Nc2ccc(F)cc21. The van der Waals surface area contributed by atoms with Crippen molar-refractivity contribution in [3.8, 4) is 0 Å². The van der Waals surface area contributed by atoms with Crippen molar-refractivity contribution in [2.75, 3.05) is 12.4 Å². The first-order valence-corrected chi connectivity index (χ1v) is 4.47. The molecule has 0 spiro atoms. The van der Waals surface area contributed by atoms with Gasteiger partial charge in [-0.1, -0.05) is 0 Å². The van der Waals surface area contributed by atoms with E-state index < -0.39 is 0 Å². The minimum Gasteiger partial charge on any atom is -0.326 e. The number of nitrogens with one attached hydrogen (secondary N) is 2. The summed E-state index contributed by atoms with van der Waals surface area (Å²) in [6.07, 6.45) is 0.354. The molecular weight excluding hydrogens is 183 g/mol. The van der Waals surface area contributed by atoms with Crippen molar-refractivity contribution in [3.05, 3.63) is 29.6 Å². The van der Waals surface area contributed by atoms with E-state index in [1.54, 1.807) is 13.1 Å². The summed E-state index contributed by atoms with van der Waals surface area (Å²) in [6, 6.07) is 4.30. The number of hydrogen-bond donors (Lipinski definition) is 2. The van der Waals surface area contributed by atoms with E-state index in [9.17, 15) is 9.18 Å². The van der Waals surface area contributed by atoms with E-state index in [0.717, 1.165) is 5.56 Å². The van der Waals surface area contributed by atoms with E-state index in [-0.39, 0.29) is 17.8 Å². The van der Waals surface area contributed by atoms with Gasteiger partial charge in [0, 0.05) is 18.2 Å². The molecule has 0 aliphatic carbocycles. The summed E-state index contributed by atoms with van der Waals surface area (Å²) in [5.74, 6) is -0.316. The minimum atomic E-state index is -0.278. The Balaban J connectivity index is 2.46. The molecule has 0 fully saturated rings. The summed E-state index contributed by atoms with van der Waals surface area (Å²) < 4.78 is 13.0. The molecule has 1 aliphatic heterocycles. The van der Waals surface area contributed by atoms with Crippen LogP contribution < -0.4 is 10.6 Å². The number of carbonyl (C=O) groups excluding carboxylic acids is 1. The molecule has 4 heteroatoms. The second-order valence-electron chi connectivity index (χ2n) is 3.33. The third-order valence-electron chi connectivity index (χ3n) is 2.40. The zero-order valence-corrected chi connectivity index (χ0v) is 7.80. The second kappa shape index (κ2) is 3.38. The molecule has 1 heterocycles. The Kier molecular flexibility index (Phi) is 2.21. The number of amides is 1. The first kappa shape index (κ1) is 9.15. The predicted molar refractivity (Wildman–Crippen MR) is 51.4 cm³/mol. The van der Waals surface area contributed by atoms with Crippen molar-refractivity contribution < 1.29 is 9.18 Å². The van der Waals surface area contributed by atoms with Gasteiger partial charge in [-0.25, -0.2) is 4.39 Å². The van der Waals surface area contributed by atoms with Crippen LogP contribution in [0.5, 0.6) is 0 Å². The van der Waals surface area contributed by atoms with Crippen LogP contribution in [-0.2, 0) is 4.79 Å². The van der Waals surface area contributed by atoms with Gasteiger partial charge in [-0.3, -0.25) is 4.79 Å². The lowest BCUT2D eigenvalue weighted by Crippen LogP contribution is -2.29. The van der Waals surface area contributed by atoms with Crippen LogP contribution in [0.1, 0.15) is 18.0 Å². The highest BCUT2D eigenvalue weighted by Gasteiger charge is 2.23. The minimum absolute atomic E-state index is 0.0385. The number of carbonyl (C=O) groups is 1. The molecule has 0 aromatic heterocycles. The fraction of sp³-hybridized carbons (Fsp3) is 0.300. The fourth-order valence-electron chi connectivity index (χ4n) is 1.69. The molecule has 1 aromatic rings. The number of halogens is 1. The van der Waals surface area contributed by atoms with Gasteiger partial charge in [-0.05, 0) is 30.8 Å². The van der Waals surface area contributed by atoms with E-state index in [0.29, 0.717) is 12.1 Å². The van der Waals surface area contributed by atoms with Crippen molar-refractivity contribution in [3.63, 3.8) is 0 Å². The Labute approximate surface area is 81.3 Å². The van der Waals surface area contributed by atoms with Crippen LogP contribution >= 0.6 is 0 Å². The van der Waals surface area contributed by atoms with Crippen molar-refractivity contribution in [1.82, 2.24) is 5.32 Å². The van der Waals surface area contributed by atoms with Gasteiger partial charge in [0.05, 0.1) is 0 Å². The maximum atomic E-state index is 13.0. The van der Waals surface area contributed by atoms with Crippen LogP contribution in [0.15, 0.2) is 18.2 Å². The smallest absolute Gasteiger partial charge is 0.226 e. The molecule has 0 bridgehead atoms. The van der Waals surface area contributed by atoms with Gasteiger partial charge in [0.15, 0.2) is 0 Å². The summed E-state index contributed by atoms with van der Waals surface area (Å²) in [5, 5.41) is 5.70. The number of hydrogen-bond acceptors (Lipinski definition) is 2. The van der Waals surface area contributed by atoms with Crippen LogP contribution in [0.3, 0.4) is 0 Å². The lowest BCUT2D eigenvalue weighted by molar-refractivity contribution is -0.117. The Morgan fingerprint density at radius 1 is 1.57 bits per heavy atom. The fourth-order valence-corrected chi connectivity index (χ4v) is 1.69. The highest BCUT2D eigenvalue weighted by molar-refractivity contribution is 5.94. The molecular formula is C10H11FN2O. The van der Waals surface area contributed by atoms with Gasteiger partial charge in [-0.2, -0.15) is 0 Å². The summed E-state index contributed by atoms with van der Waals surface area (Å²) in [5.41, 5.74) is 1.51. The topological polar surface area (TPSA) is 41.1 Å². The standard InChI is InChI=1S/C10H11FN2O/c1-12-9-5-10(14)13-8-3-2-6(11)4-7(8)9/h2-4,9,12H,5H2,1H3,(H,13,14). The van der Waals surface area contributed by atoms with E-state index in [2.05, 4.69) is 10.6 Å². The average Bonchev–Trinajstić information content (AvgIpc) is 2.17. The zero-order chi connectivity index (χ0) is 10.1. The third-order valence-corrected chi connectivity index (χ3v) is 2.40. The maximum Gasteiger partial charge on any atom is 0.226 e. The van der Waals surface area contributed by atoms with Crippen molar-refractivity contribution in [2.45, 2.75) is 12.5 Å². The molecule has 14 heavy (non-hydrogen) atoms. The highest BCUT2D eigenvalue weighted by Crippen LogP contribution is 2.30. The largest absolute Gasteiger partial charge is 0.326 e. The molecule has 1 amide bonds. The van der Waals surface area contributed by atoms with Gasteiger partial charge in [0.25, 0.3) is 0 Å². The van der Waals surface area contributed by atoms with Gasteiger partial charge < -0.3 is 10.6 Å². The molecule has 0 saturated heterocycles. The molecule has 1 unspecified atom stereocenters. The van der Waals surface area contributed by atoms with Crippen LogP contribution in [-0.4, -0.2) is 13.0 Å². The molecule has 0 saturated carbocycles. The van der Waals surface area contributed by atoms with Crippen molar-refractivity contribution in [2.24, 2.45) is 0 Å². The molecule has 0 radical (unpaired) electrons. The normalized spacial score (nSPS) is 20.1. The van der Waals surface area contributed by atoms with Crippen LogP contribution in [0, 0.1) is 5.82 Å². The van der Waals surface area contributed by atoms with E-state index in [1.807, 2.05) is 0 Å². The van der Waals surface area contributed by atoms with Gasteiger partial charge in [-0.15, -0.1) is 0 Å². The number of anilines is 1. The molecule has 1 aromatic carbocycles. The lowest BCUT2D eigenvalue weighted by Gasteiger charge is -2.25. The van der Waals surface area contributed by atoms with E-state index in [1.165, 1.54) is 12.1 Å². The molecule has 2 rings (SSSR count). The first-order chi connectivity index (χ1) is 6.70. The summed E-state index contributed by atoms with van der Waals surface area (Å²) in [7, 11) is 1.76. The van der Waals surface area contributed by atoms with E-state index >= 15 is 0 Å².